The Morgan fingerprint density at radius 3 is 2.94 bits per heavy atom. The van der Waals surface area contributed by atoms with Gasteiger partial charge in [-0.15, -0.1) is 0 Å². The van der Waals surface area contributed by atoms with Crippen molar-refractivity contribution in [1.82, 2.24) is 20.5 Å². The molecule has 2 aromatic carbocycles. The number of hydrogen-bond acceptors (Lipinski definition) is 4. The predicted molar refractivity (Wildman–Crippen MR) is 120 cm³/mol. The summed E-state index contributed by atoms with van der Waals surface area (Å²) in [6, 6.07) is 13.5. The van der Waals surface area contributed by atoms with Crippen LogP contribution in [0.3, 0.4) is 0 Å². The van der Waals surface area contributed by atoms with Crippen LogP contribution in [0.15, 0.2) is 48.5 Å². The summed E-state index contributed by atoms with van der Waals surface area (Å²) in [5.74, 6) is 0.113. The third-order valence-corrected chi connectivity index (χ3v) is 5.58. The first-order valence-electron chi connectivity index (χ1n) is 10.8. The second kappa shape index (κ2) is 9.82. The van der Waals surface area contributed by atoms with E-state index in [2.05, 4.69) is 15.6 Å². The van der Waals surface area contributed by atoms with E-state index in [4.69, 9.17) is 4.74 Å². The Kier molecular flexibility index (Phi) is 6.70. The van der Waals surface area contributed by atoms with Crippen molar-refractivity contribution in [2.24, 2.45) is 0 Å². The fraction of sp³-hybridized carbons (Fsp3) is 0.333. The number of nitrogens with one attached hydrogen (secondary N) is 3. The minimum absolute atomic E-state index is 0.0531. The highest BCUT2D eigenvalue weighted by Gasteiger charge is 2.32. The number of ether oxygens (including phenoxy) is 1. The molecule has 32 heavy (non-hydrogen) atoms. The van der Waals surface area contributed by atoms with E-state index in [0.717, 1.165) is 27.9 Å². The lowest BCUT2D eigenvalue weighted by Gasteiger charge is -2.35. The SMILES string of the molecule is CCOc1ccccc1CN1CCNC(=O)[C@@H]1CC(=O)NCc1cc2cc(F)ccc2[nH]1. The Hall–Kier alpha value is -3.39. The molecule has 0 unspecified atom stereocenters. The fourth-order valence-corrected chi connectivity index (χ4v) is 4.02. The normalized spacial score (nSPS) is 16.7. The molecule has 1 fully saturated rings. The molecule has 3 aromatic rings. The molecule has 168 valence electrons. The monoisotopic (exact) mass is 438 g/mol. The average molecular weight is 439 g/mol. The maximum atomic E-state index is 13.4. The number of para-hydroxylation sites is 1. The molecule has 2 heterocycles. The molecule has 1 aliphatic rings. The van der Waals surface area contributed by atoms with Gasteiger partial charge in [-0.25, -0.2) is 4.39 Å². The molecule has 4 rings (SSSR count). The van der Waals surface area contributed by atoms with E-state index in [1.165, 1.54) is 12.1 Å². The number of benzene rings is 2. The van der Waals surface area contributed by atoms with Gasteiger partial charge < -0.3 is 20.4 Å². The number of amides is 2. The molecule has 2 amide bonds. The quantitative estimate of drug-likeness (QED) is 0.505. The third kappa shape index (κ3) is 5.08. The van der Waals surface area contributed by atoms with Crippen molar-refractivity contribution in [3.05, 3.63) is 65.6 Å². The van der Waals surface area contributed by atoms with Gasteiger partial charge in [0.15, 0.2) is 0 Å². The van der Waals surface area contributed by atoms with E-state index in [1.807, 2.05) is 42.2 Å². The highest BCUT2D eigenvalue weighted by molar-refractivity contribution is 5.89. The largest absolute Gasteiger partial charge is 0.494 e. The predicted octanol–water partition coefficient (Wildman–Crippen LogP) is 2.71. The zero-order chi connectivity index (χ0) is 22.5. The van der Waals surface area contributed by atoms with Gasteiger partial charge in [-0.2, -0.15) is 0 Å². The van der Waals surface area contributed by atoms with Gasteiger partial charge in [-0.1, -0.05) is 18.2 Å². The summed E-state index contributed by atoms with van der Waals surface area (Å²) in [7, 11) is 0. The summed E-state index contributed by atoms with van der Waals surface area (Å²) in [5.41, 5.74) is 2.57. The van der Waals surface area contributed by atoms with Crippen LogP contribution < -0.4 is 15.4 Å². The van der Waals surface area contributed by atoms with Gasteiger partial charge in [-0.05, 0) is 37.3 Å². The summed E-state index contributed by atoms with van der Waals surface area (Å²) < 4.78 is 19.1. The van der Waals surface area contributed by atoms with E-state index >= 15 is 0 Å². The third-order valence-electron chi connectivity index (χ3n) is 5.58. The van der Waals surface area contributed by atoms with Crippen molar-refractivity contribution in [3.63, 3.8) is 0 Å². The first-order valence-corrected chi connectivity index (χ1v) is 10.8. The molecule has 0 saturated carbocycles. The molecule has 0 bridgehead atoms. The van der Waals surface area contributed by atoms with Gasteiger partial charge in [0.1, 0.15) is 11.6 Å². The molecule has 0 spiro atoms. The van der Waals surface area contributed by atoms with Crippen LogP contribution in [0.2, 0.25) is 0 Å². The second-order valence-corrected chi connectivity index (χ2v) is 7.83. The number of fused-ring (bicyclic) bond motifs is 1. The molecule has 1 aromatic heterocycles. The number of halogens is 1. The van der Waals surface area contributed by atoms with Crippen molar-refractivity contribution < 1.29 is 18.7 Å². The van der Waals surface area contributed by atoms with Crippen LogP contribution in [-0.4, -0.2) is 47.4 Å². The van der Waals surface area contributed by atoms with E-state index in [9.17, 15) is 14.0 Å². The molecule has 1 saturated heterocycles. The van der Waals surface area contributed by atoms with Crippen molar-refractivity contribution in [1.29, 1.82) is 0 Å². The summed E-state index contributed by atoms with van der Waals surface area (Å²) in [4.78, 5) is 30.4. The number of nitrogens with zero attached hydrogens (tertiary/aromatic N) is 1. The molecular weight excluding hydrogens is 411 g/mol. The van der Waals surface area contributed by atoms with E-state index in [-0.39, 0.29) is 30.6 Å². The van der Waals surface area contributed by atoms with Crippen LogP contribution in [0.1, 0.15) is 24.6 Å². The Labute approximate surface area is 185 Å². The maximum Gasteiger partial charge on any atom is 0.237 e. The van der Waals surface area contributed by atoms with Crippen LogP contribution in [0.25, 0.3) is 10.9 Å². The number of carbonyl (C=O) groups is 2. The minimum Gasteiger partial charge on any atom is -0.494 e. The van der Waals surface area contributed by atoms with Crippen molar-refractivity contribution in [2.45, 2.75) is 32.5 Å². The van der Waals surface area contributed by atoms with Gasteiger partial charge in [0.05, 0.1) is 25.6 Å². The van der Waals surface area contributed by atoms with Crippen LogP contribution in [0, 0.1) is 5.82 Å². The highest BCUT2D eigenvalue weighted by Crippen LogP contribution is 2.22. The number of H-pyrrole nitrogens is 1. The highest BCUT2D eigenvalue weighted by atomic mass is 19.1. The van der Waals surface area contributed by atoms with E-state index in [0.29, 0.717) is 26.2 Å². The number of aromatic amines is 1. The number of hydrogen-bond donors (Lipinski definition) is 3. The van der Waals surface area contributed by atoms with Crippen LogP contribution in [0.4, 0.5) is 4.39 Å². The number of piperazine rings is 1. The lowest BCUT2D eigenvalue weighted by molar-refractivity contribution is -0.134. The molecule has 0 aliphatic carbocycles. The molecular formula is C24H27FN4O3. The average Bonchev–Trinajstić information content (AvgIpc) is 3.18. The Morgan fingerprint density at radius 1 is 1.25 bits per heavy atom. The minimum atomic E-state index is -0.560. The Balaban J connectivity index is 1.39. The maximum absolute atomic E-state index is 13.4. The smallest absolute Gasteiger partial charge is 0.237 e. The van der Waals surface area contributed by atoms with E-state index in [1.54, 1.807) is 6.07 Å². The molecule has 7 nitrogen and oxygen atoms in total. The van der Waals surface area contributed by atoms with Crippen molar-refractivity contribution in [3.8, 4) is 5.75 Å². The second-order valence-electron chi connectivity index (χ2n) is 7.83. The molecule has 1 aliphatic heterocycles. The zero-order valence-electron chi connectivity index (χ0n) is 18.0. The first kappa shape index (κ1) is 21.8. The summed E-state index contributed by atoms with van der Waals surface area (Å²) >= 11 is 0. The molecule has 0 radical (unpaired) electrons. The van der Waals surface area contributed by atoms with Gasteiger partial charge in [-0.3, -0.25) is 14.5 Å². The summed E-state index contributed by atoms with van der Waals surface area (Å²) in [6.45, 7) is 4.48. The Morgan fingerprint density at radius 2 is 2.09 bits per heavy atom. The number of carbonyl (C=O) groups excluding carboxylic acids is 2. The van der Waals surface area contributed by atoms with Gasteiger partial charge >= 0.3 is 0 Å². The van der Waals surface area contributed by atoms with Crippen LogP contribution in [0.5, 0.6) is 5.75 Å². The standard InChI is InChI=1S/C24H27FN4O3/c1-2-32-22-6-4-3-5-16(22)15-29-10-9-26-24(31)21(29)13-23(30)27-14-19-12-17-11-18(25)7-8-20(17)28-19/h3-8,11-12,21,28H,2,9-10,13-15H2,1H3,(H,26,31)(H,27,30)/t21-/m0/s1. The lowest BCUT2D eigenvalue weighted by Crippen LogP contribution is -2.56. The Bertz CT molecular complexity index is 1110. The first-order chi connectivity index (χ1) is 15.5. The van der Waals surface area contributed by atoms with Crippen molar-refractivity contribution >= 4 is 22.7 Å². The topological polar surface area (TPSA) is 86.5 Å². The van der Waals surface area contributed by atoms with Gasteiger partial charge in [0.2, 0.25) is 11.8 Å². The van der Waals surface area contributed by atoms with Crippen LogP contribution in [-0.2, 0) is 22.7 Å². The van der Waals surface area contributed by atoms with Gasteiger partial charge in [0.25, 0.3) is 0 Å². The van der Waals surface area contributed by atoms with Gasteiger partial charge in [0, 0.05) is 41.8 Å². The molecule has 8 heteroatoms. The number of aromatic nitrogens is 1. The van der Waals surface area contributed by atoms with Crippen molar-refractivity contribution in [2.75, 3.05) is 19.7 Å². The fourth-order valence-electron chi connectivity index (χ4n) is 4.02. The summed E-state index contributed by atoms with van der Waals surface area (Å²) in [6.07, 6.45) is 0.0531. The lowest BCUT2D eigenvalue weighted by atomic mass is 10.1. The summed E-state index contributed by atoms with van der Waals surface area (Å²) in [5, 5.41) is 6.47. The van der Waals surface area contributed by atoms with E-state index < -0.39 is 6.04 Å². The molecule has 3 N–H and O–H groups in total. The zero-order valence-corrected chi connectivity index (χ0v) is 18.0. The number of rotatable bonds is 8. The van der Waals surface area contributed by atoms with Crippen LogP contribution >= 0.6 is 0 Å². The molecule has 1 atom stereocenters.